The van der Waals surface area contributed by atoms with Crippen molar-refractivity contribution in [3.63, 3.8) is 0 Å². The van der Waals surface area contributed by atoms with Crippen LogP contribution in [0.1, 0.15) is 175 Å². The minimum Gasteiger partial charge on any atom is -0.103 e. The highest BCUT2D eigenvalue weighted by Gasteiger charge is 2.02. The van der Waals surface area contributed by atoms with Crippen molar-refractivity contribution in [2.45, 2.75) is 175 Å². The highest BCUT2D eigenvalue weighted by Crippen LogP contribution is 2.19. The molecule has 0 amide bonds. The van der Waals surface area contributed by atoms with Crippen LogP contribution in [0.25, 0.3) is 0 Å². The van der Waals surface area contributed by atoms with Crippen molar-refractivity contribution >= 4 is 0 Å². The third-order valence-corrected chi connectivity index (χ3v) is 7.45. The lowest BCUT2D eigenvalue weighted by atomic mass is 9.96. The van der Waals surface area contributed by atoms with Gasteiger partial charge in [0.1, 0.15) is 0 Å². The normalized spacial score (nSPS) is 13.4. The van der Waals surface area contributed by atoms with Gasteiger partial charge in [-0.05, 0) is 24.7 Å². The van der Waals surface area contributed by atoms with E-state index < -0.39 is 0 Å². The lowest BCUT2D eigenvalue weighted by Gasteiger charge is -2.11. The zero-order valence-electron chi connectivity index (χ0n) is 22.4. The molecule has 0 aromatic carbocycles. The van der Waals surface area contributed by atoms with E-state index in [2.05, 4.69) is 33.4 Å². The Bertz CT molecular complexity index is 331. The molecule has 0 N–H and O–H groups in total. The predicted octanol–water partition coefficient (Wildman–Crippen LogP) is 11.8. The number of unbranched alkanes of at least 4 members (excludes halogenated alkanes) is 18. The Morgan fingerprint density at radius 3 is 1.06 bits per heavy atom. The smallest absolute Gasteiger partial charge is 0.0353 e. The van der Waals surface area contributed by atoms with Crippen LogP contribution in [0.2, 0.25) is 0 Å². The van der Waals surface area contributed by atoms with Gasteiger partial charge in [0.2, 0.25) is 0 Å². The lowest BCUT2D eigenvalue weighted by Crippen LogP contribution is -1.95. The molecule has 0 bridgehead atoms. The summed E-state index contributed by atoms with van der Waals surface area (Å²) in [5.74, 6) is 1.90. The van der Waals surface area contributed by atoms with E-state index in [0.29, 0.717) is 0 Å². The molecule has 0 aromatic heterocycles. The first kappa shape index (κ1) is 30.7. The largest absolute Gasteiger partial charge is 0.103 e. The predicted molar refractivity (Wildman–Crippen MR) is 145 cm³/mol. The third kappa shape index (κ3) is 25.9. The van der Waals surface area contributed by atoms with Crippen molar-refractivity contribution in [1.29, 1.82) is 0 Å². The topological polar surface area (TPSA) is 0 Å². The summed E-state index contributed by atoms with van der Waals surface area (Å²) in [6.45, 7) is 11.0. The summed E-state index contributed by atoms with van der Waals surface area (Å²) in [4.78, 5) is 0. The fraction of sp³-hybridized carbons (Fsp3) is 0.935. The number of allylic oxidation sites excluding steroid dienone is 1. The van der Waals surface area contributed by atoms with Crippen LogP contribution in [0.5, 0.6) is 0 Å². The zero-order valence-corrected chi connectivity index (χ0v) is 22.4. The summed E-state index contributed by atoms with van der Waals surface area (Å²) in [6, 6.07) is 0. The molecule has 0 spiro atoms. The van der Waals surface area contributed by atoms with E-state index in [9.17, 15) is 0 Å². The summed E-state index contributed by atoms with van der Waals surface area (Å²) in [7, 11) is 0. The number of rotatable bonds is 26. The Balaban J connectivity index is 3.13. The van der Waals surface area contributed by atoms with Gasteiger partial charge in [-0.25, -0.2) is 0 Å². The van der Waals surface area contributed by atoms with Crippen LogP contribution in [-0.2, 0) is 0 Å². The molecule has 186 valence electrons. The molecule has 0 rings (SSSR count). The van der Waals surface area contributed by atoms with Gasteiger partial charge in [0, 0.05) is 0 Å². The quantitative estimate of drug-likeness (QED) is 0.0937. The van der Waals surface area contributed by atoms with E-state index in [-0.39, 0.29) is 0 Å². The summed E-state index contributed by atoms with van der Waals surface area (Å²) in [5.41, 5.74) is 0. The SMILES string of the molecule is C=CCCCCCCCC(C)CCCCCCCCCCCCCCCCC(C)CC. The van der Waals surface area contributed by atoms with E-state index in [0.717, 1.165) is 11.8 Å². The van der Waals surface area contributed by atoms with Gasteiger partial charge in [0.25, 0.3) is 0 Å². The van der Waals surface area contributed by atoms with Crippen molar-refractivity contribution in [3.8, 4) is 0 Å². The molecule has 0 fully saturated rings. The standard InChI is InChI=1S/C31H62/c1-5-7-8-9-18-22-25-28-31(4)29-26-23-20-17-15-13-11-10-12-14-16-19-21-24-27-30(3)6-2/h5,30-31H,1,6-29H2,2-4H3. The Morgan fingerprint density at radius 1 is 0.452 bits per heavy atom. The molecule has 0 aliphatic carbocycles. The third-order valence-electron chi connectivity index (χ3n) is 7.45. The second kappa shape index (κ2) is 26.0. The van der Waals surface area contributed by atoms with Crippen molar-refractivity contribution in [3.05, 3.63) is 12.7 Å². The Labute approximate surface area is 199 Å². The first-order valence-corrected chi connectivity index (χ1v) is 14.8. The molecule has 0 saturated carbocycles. The zero-order chi connectivity index (χ0) is 22.8. The van der Waals surface area contributed by atoms with Gasteiger partial charge in [-0.1, -0.05) is 168 Å². The van der Waals surface area contributed by atoms with Gasteiger partial charge in [-0.15, -0.1) is 6.58 Å². The van der Waals surface area contributed by atoms with Crippen LogP contribution in [-0.4, -0.2) is 0 Å². The van der Waals surface area contributed by atoms with Crippen LogP contribution in [0.3, 0.4) is 0 Å². The second-order valence-electron chi connectivity index (χ2n) is 10.8. The van der Waals surface area contributed by atoms with Crippen LogP contribution in [0.4, 0.5) is 0 Å². The van der Waals surface area contributed by atoms with Crippen molar-refractivity contribution in [2.75, 3.05) is 0 Å². The Kier molecular flexibility index (Phi) is 25.8. The van der Waals surface area contributed by atoms with Crippen molar-refractivity contribution < 1.29 is 0 Å². The maximum Gasteiger partial charge on any atom is -0.0353 e. The monoisotopic (exact) mass is 434 g/mol. The van der Waals surface area contributed by atoms with Crippen molar-refractivity contribution in [2.24, 2.45) is 11.8 Å². The van der Waals surface area contributed by atoms with Crippen molar-refractivity contribution in [1.82, 2.24) is 0 Å². The highest BCUT2D eigenvalue weighted by molar-refractivity contribution is 4.65. The summed E-state index contributed by atoms with van der Waals surface area (Å²) in [5, 5.41) is 0. The minimum absolute atomic E-state index is 0.945. The first-order chi connectivity index (χ1) is 15.2. The fourth-order valence-corrected chi connectivity index (χ4v) is 4.77. The van der Waals surface area contributed by atoms with E-state index in [1.165, 1.54) is 154 Å². The second-order valence-corrected chi connectivity index (χ2v) is 10.8. The molecule has 0 nitrogen and oxygen atoms in total. The average Bonchev–Trinajstić information content (AvgIpc) is 2.77. The van der Waals surface area contributed by atoms with Crippen LogP contribution >= 0.6 is 0 Å². The Morgan fingerprint density at radius 2 is 0.742 bits per heavy atom. The van der Waals surface area contributed by atoms with Gasteiger partial charge >= 0.3 is 0 Å². The molecule has 0 aromatic rings. The lowest BCUT2D eigenvalue weighted by molar-refractivity contribution is 0.431. The molecule has 0 heterocycles. The van der Waals surface area contributed by atoms with E-state index in [1.807, 2.05) is 0 Å². The van der Waals surface area contributed by atoms with Crippen LogP contribution in [0, 0.1) is 11.8 Å². The average molecular weight is 435 g/mol. The minimum atomic E-state index is 0.945. The van der Waals surface area contributed by atoms with Crippen LogP contribution in [0.15, 0.2) is 12.7 Å². The molecule has 0 radical (unpaired) electrons. The van der Waals surface area contributed by atoms with Crippen LogP contribution < -0.4 is 0 Å². The molecular weight excluding hydrogens is 372 g/mol. The van der Waals surface area contributed by atoms with E-state index >= 15 is 0 Å². The van der Waals surface area contributed by atoms with Gasteiger partial charge in [-0.2, -0.15) is 0 Å². The van der Waals surface area contributed by atoms with Gasteiger partial charge in [0.05, 0.1) is 0 Å². The van der Waals surface area contributed by atoms with E-state index in [1.54, 1.807) is 0 Å². The van der Waals surface area contributed by atoms with Gasteiger partial charge in [0.15, 0.2) is 0 Å². The maximum atomic E-state index is 3.80. The summed E-state index contributed by atoms with van der Waals surface area (Å²) in [6.07, 6.45) is 36.8. The molecule has 0 saturated heterocycles. The number of hydrogen-bond acceptors (Lipinski definition) is 0. The molecular formula is C31H62. The first-order valence-electron chi connectivity index (χ1n) is 14.8. The molecule has 0 aliphatic heterocycles. The number of hydrogen-bond donors (Lipinski definition) is 0. The maximum absolute atomic E-state index is 3.80. The van der Waals surface area contributed by atoms with Gasteiger partial charge in [-0.3, -0.25) is 0 Å². The molecule has 0 heteroatoms. The highest BCUT2D eigenvalue weighted by atomic mass is 14.1. The summed E-state index contributed by atoms with van der Waals surface area (Å²) >= 11 is 0. The fourth-order valence-electron chi connectivity index (χ4n) is 4.77. The molecule has 0 aliphatic rings. The molecule has 2 atom stereocenters. The Hall–Kier alpha value is -0.260. The van der Waals surface area contributed by atoms with E-state index in [4.69, 9.17) is 0 Å². The summed E-state index contributed by atoms with van der Waals surface area (Å²) < 4.78 is 0. The molecule has 31 heavy (non-hydrogen) atoms. The molecule has 2 unspecified atom stereocenters. The van der Waals surface area contributed by atoms with Gasteiger partial charge < -0.3 is 0 Å².